The van der Waals surface area contributed by atoms with Gasteiger partial charge in [0.05, 0.1) is 11.0 Å². The van der Waals surface area contributed by atoms with Crippen LogP contribution in [0.25, 0.3) is 33.5 Å². The highest BCUT2D eigenvalue weighted by molar-refractivity contribution is 5.80. The number of halogens is 1. The third-order valence-corrected chi connectivity index (χ3v) is 6.50. The van der Waals surface area contributed by atoms with Crippen LogP contribution in [0.4, 0.5) is 9.18 Å². The maximum Gasteiger partial charge on any atom is 0.410 e. The summed E-state index contributed by atoms with van der Waals surface area (Å²) < 4.78 is 18.7. The molecule has 1 fully saturated rings. The molecule has 7 heteroatoms. The summed E-state index contributed by atoms with van der Waals surface area (Å²) in [6, 6.07) is 21.2. The Morgan fingerprint density at radius 2 is 1.97 bits per heavy atom. The summed E-state index contributed by atoms with van der Waals surface area (Å²) in [4.78, 5) is 21.5. The lowest BCUT2D eigenvalue weighted by Crippen LogP contribution is -2.31. The minimum absolute atomic E-state index is 0.250. The van der Waals surface area contributed by atoms with Crippen LogP contribution in [0, 0.1) is 11.7 Å². The summed E-state index contributed by atoms with van der Waals surface area (Å²) in [6.07, 6.45) is 2.30. The Kier molecular flexibility index (Phi) is 7.09. The highest BCUT2D eigenvalue weighted by Gasteiger charge is 2.26. The van der Waals surface area contributed by atoms with Crippen LogP contribution in [0.3, 0.4) is 0 Å². The number of H-pyrrole nitrogens is 1. The second-order valence-electron chi connectivity index (χ2n) is 9.12. The van der Waals surface area contributed by atoms with Gasteiger partial charge in [0.2, 0.25) is 0 Å². The molecule has 0 aliphatic carbocycles. The minimum Gasteiger partial charge on any atom is -0.445 e. The molecule has 2 heterocycles. The highest BCUT2D eigenvalue weighted by Crippen LogP contribution is 2.27. The quantitative estimate of drug-likeness (QED) is 0.312. The molecule has 1 aromatic heterocycles. The summed E-state index contributed by atoms with van der Waals surface area (Å²) in [5.41, 5.74) is 5.79. The normalized spacial score (nSPS) is 15.4. The molecule has 5 rings (SSSR count). The lowest BCUT2D eigenvalue weighted by Gasteiger charge is -2.16. The smallest absolute Gasteiger partial charge is 0.410 e. The number of amides is 1. The number of hydrogen-bond donors (Lipinski definition) is 2. The molecule has 0 saturated carbocycles. The van der Waals surface area contributed by atoms with E-state index in [2.05, 4.69) is 58.3 Å². The van der Waals surface area contributed by atoms with Gasteiger partial charge in [-0.3, -0.25) is 0 Å². The van der Waals surface area contributed by atoms with Crippen LogP contribution in [0.2, 0.25) is 0 Å². The van der Waals surface area contributed by atoms with Gasteiger partial charge in [-0.1, -0.05) is 55.1 Å². The zero-order valence-electron chi connectivity index (χ0n) is 20.0. The Morgan fingerprint density at radius 1 is 1.14 bits per heavy atom. The number of aromatic amines is 1. The van der Waals surface area contributed by atoms with E-state index in [1.807, 2.05) is 12.1 Å². The van der Waals surface area contributed by atoms with Crippen LogP contribution >= 0.6 is 0 Å². The number of carbonyl (C=O) groups excluding carboxylic acids is 1. The van der Waals surface area contributed by atoms with Gasteiger partial charge >= 0.3 is 6.09 Å². The maximum atomic E-state index is 13.5. The first-order valence-corrected chi connectivity index (χ1v) is 12.2. The summed E-state index contributed by atoms with van der Waals surface area (Å²) in [5.74, 6) is 0.867. The van der Waals surface area contributed by atoms with Crippen molar-refractivity contribution in [2.24, 2.45) is 5.92 Å². The van der Waals surface area contributed by atoms with E-state index in [1.54, 1.807) is 17.0 Å². The average Bonchev–Trinajstić information content (AvgIpc) is 3.55. The lowest BCUT2D eigenvalue weighted by molar-refractivity contribution is 0.120. The molecule has 1 unspecified atom stereocenters. The van der Waals surface area contributed by atoms with Crippen molar-refractivity contribution < 1.29 is 13.9 Å². The Labute approximate surface area is 209 Å². The van der Waals surface area contributed by atoms with Gasteiger partial charge < -0.3 is 19.9 Å². The van der Waals surface area contributed by atoms with Crippen molar-refractivity contribution in [3.63, 3.8) is 0 Å². The molecule has 0 spiro atoms. The Bertz CT molecular complexity index is 1370. The van der Waals surface area contributed by atoms with Gasteiger partial charge in [-0.25, -0.2) is 14.2 Å². The van der Waals surface area contributed by atoms with E-state index in [9.17, 15) is 9.18 Å². The van der Waals surface area contributed by atoms with Crippen molar-refractivity contribution in [2.75, 3.05) is 26.2 Å². The fourth-order valence-electron chi connectivity index (χ4n) is 4.59. The van der Waals surface area contributed by atoms with Gasteiger partial charge in [0.25, 0.3) is 0 Å². The number of nitrogens with zero attached hydrogens (tertiary/aromatic N) is 2. The molecular weight excluding hydrogens is 455 g/mol. The van der Waals surface area contributed by atoms with Crippen LogP contribution in [-0.4, -0.2) is 47.2 Å². The number of rotatable bonds is 8. The van der Waals surface area contributed by atoms with Crippen LogP contribution < -0.4 is 5.32 Å². The second-order valence-corrected chi connectivity index (χ2v) is 9.12. The van der Waals surface area contributed by atoms with Crippen LogP contribution in [0.5, 0.6) is 0 Å². The molecule has 0 radical (unpaired) electrons. The monoisotopic (exact) mass is 484 g/mol. The molecule has 6 nitrogen and oxygen atoms in total. The van der Waals surface area contributed by atoms with Gasteiger partial charge in [-0.05, 0) is 53.3 Å². The number of fused-ring (bicyclic) bond motifs is 1. The molecule has 184 valence electrons. The molecule has 1 aliphatic heterocycles. The number of nitrogens with one attached hydrogen (secondary N) is 2. The van der Waals surface area contributed by atoms with E-state index in [4.69, 9.17) is 4.74 Å². The zero-order chi connectivity index (χ0) is 24.9. The molecule has 36 heavy (non-hydrogen) atoms. The molecule has 3 aromatic carbocycles. The van der Waals surface area contributed by atoms with E-state index < -0.39 is 0 Å². The van der Waals surface area contributed by atoms with E-state index in [-0.39, 0.29) is 18.5 Å². The predicted molar refractivity (Wildman–Crippen MR) is 140 cm³/mol. The van der Waals surface area contributed by atoms with Crippen molar-refractivity contribution in [1.29, 1.82) is 0 Å². The van der Waals surface area contributed by atoms with Crippen molar-refractivity contribution in [1.82, 2.24) is 20.2 Å². The summed E-state index contributed by atoms with van der Waals surface area (Å²) in [7, 11) is 0. The highest BCUT2D eigenvalue weighted by atomic mass is 19.1. The zero-order valence-corrected chi connectivity index (χ0v) is 20.0. The van der Waals surface area contributed by atoms with Crippen LogP contribution in [0.15, 0.2) is 79.4 Å². The first-order chi connectivity index (χ1) is 17.6. The van der Waals surface area contributed by atoms with Gasteiger partial charge in [0.15, 0.2) is 0 Å². The van der Waals surface area contributed by atoms with Gasteiger partial charge in [-0.2, -0.15) is 0 Å². The first kappa shape index (κ1) is 23.8. The van der Waals surface area contributed by atoms with E-state index in [0.717, 1.165) is 60.6 Å². The first-order valence-electron chi connectivity index (χ1n) is 12.2. The number of hydrogen-bond acceptors (Lipinski definition) is 4. The Balaban J connectivity index is 1.17. The number of ether oxygens (including phenoxy) is 1. The summed E-state index contributed by atoms with van der Waals surface area (Å²) >= 11 is 0. The number of carbonyl (C=O) groups is 1. The van der Waals surface area contributed by atoms with E-state index in [0.29, 0.717) is 11.4 Å². The lowest BCUT2D eigenvalue weighted by atomic mass is 10.0. The Hall–Kier alpha value is -3.97. The predicted octanol–water partition coefficient (Wildman–Crippen LogP) is 5.77. The summed E-state index contributed by atoms with van der Waals surface area (Å²) in [5, 5.41) is 3.52. The SMILES string of the molecule is C=CCOC(=O)N1CCC(CNCc2ccc(-c3cccc(-c4nc5ccc(F)cc5[nH]4)c3)cc2)C1. The Morgan fingerprint density at radius 3 is 2.81 bits per heavy atom. The third kappa shape index (κ3) is 5.47. The van der Waals surface area contributed by atoms with Crippen LogP contribution in [-0.2, 0) is 11.3 Å². The number of benzene rings is 3. The molecular formula is C29H29FN4O2. The standard InChI is InChI=1S/C29H29FN4O2/c1-2-14-36-29(35)34-13-12-21(19-34)18-31-17-20-6-8-22(9-7-20)23-4-3-5-24(15-23)28-32-26-11-10-25(30)16-27(26)33-28/h2-11,15-16,21,31H,1,12-14,17-19H2,(H,32,33). The fourth-order valence-corrected chi connectivity index (χ4v) is 4.59. The van der Waals surface area contributed by atoms with Gasteiger partial charge in [0.1, 0.15) is 18.2 Å². The molecule has 2 N–H and O–H groups in total. The number of aromatic nitrogens is 2. The molecule has 4 aromatic rings. The summed E-state index contributed by atoms with van der Waals surface area (Å²) in [6.45, 7) is 6.91. The molecule has 1 amide bonds. The van der Waals surface area contributed by atoms with Crippen molar-refractivity contribution in [2.45, 2.75) is 13.0 Å². The average molecular weight is 485 g/mol. The number of imidazole rings is 1. The van der Waals surface area contributed by atoms with Gasteiger partial charge in [0, 0.05) is 31.7 Å². The van der Waals surface area contributed by atoms with E-state index in [1.165, 1.54) is 17.7 Å². The van der Waals surface area contributed by atoms with Gasteiger partial charge in [-0.15, -0.1) is 0 Å². The van der Waals surface area contributed by atoms with E-state index >= 15 is 0 Å². The largest absolute Gasteiger partial charge is 0.445 e. The third-order valence-electron chi connectivity index (χ3n) is 6.50. The van der Waals surface area contributed by atoms with Crippen molar-refractivity contribution in [3.05, 3.63) is 90.8 Å². The molecule has 1 atom stereocenters. The molecule has 1 aliphatic rings. The molecule has 0 bridgehead atoms. The minimum atomic E-state index is -0.282. The maximum absolute atomic E-state index is 13.5. The fraction of sp³-hybridized carbons (Fsp3) is 0.241. The second kappa shape index (κ2) is 10.7. The molecule has 1 saturated heterocycles. The van der Waals surface area contributed by atoms with Crippen LogP contribution in [0.1, 0.15) is 12.0 Å². The van der Waals surface area contributed by atoms with Crippen molar-refractivity contribution in [3.8, 4) is 22.5 Å². The van der Waals surface area contributed by atoms with Crippen molar-refractivity contribution >= 4 is 17.1 Å². The topological polar surface area (TPSA) is 70.2 Å². The number of likely N-dealkylation sites (tertiary alicyclic amines) is 1.